The molecule has 0 radical (unpaired) electrons. The van der Waals surface area contributed by atoms with Gasteiger partial charge in [0, 0.05) is 6.07 Å². The lowest BCUT2D eigenvalue weighted by molar-refractivity contribution is 0.0526. The van der Waals surface area contributed by atoms with Crippen LogP contribution in [-0.2, 0) is 4.74 Å². The van der Waals surface area contributed by atoms with Gasteiger partial charge in [-0.15, -0.1) is 4.37 Å². The average Bonchev–Trinajstić information content (AvgIpc) is 2.64. The Morgan fingerprint density at radius 2 is 2.50 bits per heavy atom. The Morgan fingerprint density at radius 3 is 3.29 bits per heavy atom. The number of fused-ring (bicyclic) bond motifs is 1. The summed E-state index contributed by atoms with van der Waals surface area (Å²) in [5.74, 6) is -0.271. The second-order valence-electron chi connectivity index (χ2n) is 2.65. The molecule has 0 spiro atoms. The van der Waals surface area contributed by atoms with Crippen molar-refractivity contribution >= 4 is 37.1 Å². The van der Waals surface area contributed by atoms with Gasteiger partial charge >= 0.3 is 16.3 Å². The zero-order chi connectivity index (χ0) is 9.97. The molecule has 2 rings (SSSR count). The van der Waals surface area contributed by atoms with Gasteiger partial charge in [-0.3, -0.25) is 0 Å². The average molecular weight is 226 g/mol. The number of carbonyl (C=O) groups excluding carboxylic acids is 1. The summed E-state index contributed by atoms with van der Waals surface area (Å²) >= 11 is 0. The SMILES string of the molecule is CCOC(=O)c1ccc2ns[s+]c2c1. The minimum Gasteiger partial charge on any atom is -0.462 e. The number of esters is 1. The zero-order valence-electron chi connectivity index (χ0n) is 7.52. The van der Waals surface area contributed by atoms with Crippen molar-refractivity contribution < 1.29 is 9.53 Å². The minimum absolute atomic E-state index is 0.271. The lowest BCUT2D eigenvalue weighted by atomic mass is 10.2. The van der Waals surface area contributed by atoms with Crippen LogP contribution in [0.3, 0.4) is 0 Å². The fraction of sp³-hybridized carbons (Fsp3) is 0.222. The monoisotopic (exact) mass is 226 g/mol. The summed E-state index contributed by atoms with van der Waals surface area (Å²) in [6, 6.07) is 5.41. The molecular weight excluding hydrogens is 218 g/mol. The maximum absolute atomic E-state index is 11.4. The van der Waals surface area contributed by atoms with Gasteiger partial charge in [-0.1, -0.05) is 0 Å². The van der Waals surface area contributed by atoms with E-state index in [-0.39, 0.29) is 5.97 Å². The lowest BCUT2D eigenvalue weighted by Crippen LogP contribution is -2.03. The van der Waals surface area contributed by atoms with Crippen LogP contribution < -0.4 is 0 Å². The van der Waals surface area contributed by atoms with Crippen molar-refractivity contribution in [2.75, 3.05) is 6.61 Å². The Kier molecular flexibility index (Phi) is 2.69. The Balaban J connectivity index is 2.38. The highest BCUT2D eigenvalue weighted by Crippen LogP contribution is 2.22. The molecule has 14 heavy (non-hydrogen) atoms. The summed E-state index contributed by atoms with van der Waals surface area (Å²) in [6.07, 6.45) is 0. The van der Waals surface area contributed by atoms with Crippen LogP contribution in [0.1, 0.15) is 17.3 Å². The molecule has 0 N–H and O–H groups in total. The number of carbonyl (C=O) groups is 1. The van der Waals surface area contributed by atoms with E-state index in [1.807, 2.05) is 12.1 Å². The van der Waals surface area contributed by atoms with Crippen LogP contribution in [0.25, 0.3) is 10.2 Å². The molecule has 3 nitrogen and oxygen atoms in total. The molecule has 5 heteroatoms. The summed E-state index contributed by atoms with van der Waals surface area (Å²) < 4.78 is 10.1. The summed E-state index contributed by atoms with van der Waals surface area (Å²) in [6.45, 7) is 2.20. The van der Waals surface area contributed by atoms with Crippen molar-refractivity contribution in [1.82, 2.24) is 4.37 Å². The zero-order valence-corrected chi connectivity index (χ0v) is 9.15. The molecule has 0 bridgehead atoms. The summed E-state index contributed by atoms with van der Waals surface area (Å²) in [4.78, 5) is 11.4. The molecule has 1 aromatic heterocycles. The Morgan fingerprint density at radius 1 is 1.64 bits per heavy atom. The van der Waals surface area contributed by atoms with Crippen LogP contribution >= 0.6 is 20.9 Å². The van der Waals surface area contributed by atoms with Gasteiger partial charge in [-0.2, -0.15) is 0 Å². The first kappa shape index (κ1) is 9.48. The number of nitrogens with zero attached hydrogens (tertiary/aromatic N) is 1. The highest BCUT2D eigenvalue weighted by atomic mass is 32.9. The largest absolute Gasteiger partial charge is 0.462 e. The molecule has 1 aromatic carbocycles. The maximum Gasteiger partial charge on any atom is 0.338 e. The number of benzene rings is 1. The molecule has 0 saturated carbocycles. The standard InChI is InChI=1S/C9H8NO2S2/c1-2-12-9(11)6-3-4-7-8(5-6)13-14-10-7/h3-5H,2H2,1H3/q+1. The van der Waals surface area contributed by atoms with Gasteiger partial charge in [0.15, 0.2) is 0 Å². The van der Waals surface area contributed by atoms with E-state index in [4.69, 9.17) is 4.74 Å². The molecule has 0 unspecified atom stereocenters. The molecule has 0 aliphatic carbocycles. The molecule has 2 aromatic rings. The first-order chi connectivity index (χ1) is 6.81. The minimum atomic E-state index is -0.271. The van der Waals surface area contributed by atoms with Crippen LogP contribution in [0.4, 0.5) is 0 Å². The Hall–Kier alpha value is -1.07. The maximum atomic E-state index is 11.4. The third kappa shape index (κ3) is 1.73. The molecule has 0 saturated heterocycles. The number of hydrogen-bond donors (Lipinski definition) is 0. The first-order valence-corrected chi connectivity index (χ1v) is 6.28. The molecule has 0 aliphatic heterocycles. The van der Waals surface area contributed by atoms with Crippen LogP contribution in [0.2, 0.25) is 0 Å². The van der Waals surface area contributed by atoms with Crippen molar-refractivity contribution in [2.45, 2.75) is 6.92 Å². The van der Waals surface area contributed by atoms with E-state index < -0.39 is 0 Å². The third-order valence-corrected chi connectivity index (χ3v) is 3.57. The van der Waals surface area contributed by atoms with Gasteiger partial charge in [0.25, 0.3) is 15.2 Å². The van der Waals surface area contributed by atoms with Crippen molar-refractivity contribution in [3.05, 3.63) is 23.8 Å². The van der Waals surface area contributed by atoms with Crippen LogP contribution in [0, 0.1) is 0 Å². The van der Waals surface area contributed by atoms with Gasteiger partial charge in [0.1, 0.15) is 5.52 Å². The smallest absolute Gasteiger partial charge is 0.338 e. The molecule has 1 heterocycles. The molecule has 0 atom stereocenters. The highest BCUT2D eigenvalue weighted by molar-refractivity contribution is 7.69. The van der Waals surface area contributed by atoms with E-state index in [1.165, 1.54) is 10.5 Å². The van der Waals surface area contributed by atoms with Gasteiger partial charge < -0.3 is 4.74 Å². The van der Waals surface area contributed by atoms with E-state index in [2.05, 4.69) is 4.37 Å². The van der Waals surface area contributed by atoms with Gasteiger partial charge in [0.05, 0.1) is 12.2 Å². The van der Waals surface area contributed by atoms with Gasteiger partial charge in [0.2, 0.25) is 0 Å². The van der Waals surface area contributed by atoms with Crippen molar-refractivity contribution in [3.63, 3.8) is 0 Å². The number of ether oxygens (including phenoxy) is 1. The van der Waals surface area contributed by atoms with Crippen LogP contribution in [-0.4, -0.2) is 16.9 Å². The summed E-state index contributed by atoms with van der Waals surface area (Å²) in [5, 5.41) is 0. The highest BCUT2D eigenvalue weighted by Gasteiger charge is 2.14. The first-order valence-electron chi connectivity index (χ1n) is 4.17. The van der Waals surface area contributed by atoms with Crippen molar-refractivity contribution in [3.8, 4) is 0 Å². The predicted octanol–water partition coefficient (Wildman–Crippen LogP) is 2.82. The third-order valence-electron chi connectivity index (χ3n) is 1.73. The van der Waals surface area contributed by atoms with E-state index in [9.17, 15) is 4.79 Å². The van der Waals surface area contributed by atoms with Crippen LogP contribution in [0.15, 0.2) is 18.2 Å². The number of aromatic nitrogens is 1. The Labute approximate surface area is 88.5 Å². The predicted molar refractivity (Wildman–Crippen MR) is 57.9 cm³/mol. The van der Waals surface area contributed by atoms with E-state index in [1.54, 1.807) is 23.3 Å². The fourth-order valence-electron chi connectivity index (χ4n) is 1.10. The molecule has 0 fully saturated rings. The van der Waals surface area contributed by atoms with Crippen molar-refractivity contribution in [1.29, 1.82) is 0 Å². The number of rotatable bonds is 2. The van der Waals surface area contributed by atoms with Crippen LogP contribution in [0.5, 0.6) is 0 Å². The molecule has 72 valence electrons. The number of hydrogen-bond acceptors (Lipinski definition) is 4. The van der Waals surface area contributed by atoms with E-state index in [0.717, 1.165) is 10.2 Å². The summed E-state index contributed by atoms with van der Waals surface area (Å²) in [7, 11) is 2.99. The van der Waals surface area contributed by atoms with Crippen molar-refractivity contribution in [2.24, 2.45) is 0 Å². The molecule has 0 amide bonds. The normalized spacial score (nSPS) is 10.4. The molecule has 0 aliphatic rings. The lowest BCUT2D eigenvalue weighted by Gasteiger charge is -1.98. The second-order valence-corrected chi connectivity index (χ2v) is 4.54. The Bertz CT molecular complexity index is 467. The fourth-order valence-corrected chi connectivity index (χ4v) is 2.88. The summed E-state index contributed by atoms with van der Waals surface area (Å²) in [5.41, 5.74) is 1.53. The van der Waals surface area contributed by atoms with E-state index >= 15 is 0 Å². The van der Waals surface area contributed by atoms with Gasteiger partial charge in [-0.25, -0.2) is 4.79 Å². The second kappa shape index (κ2) is 3.98. The van der Waals surface area contributed by atoms with Gasteiger partial charge in [-0.05, 0) is 19.1 Å². The van der Waals surface area contributed by atoms with E-state index in [0.29, 0.717) is 12.2 Å². The topological polar surface area (TPSA) is 39.2 Å². The molecular formula is C9H8NO2S2+. The quantitative estimate of drug-likeness (QED) is 0.449.